The summed E-state index contributed by atoms with van der Waals surface area (Å²) in [6, 6.07) is 9.68. The van der Waals surface area contributed by atoms with Crippen LogP contribution in [0.15, 0.2) is 48.5 Å². The second kappa shape index (κ2) is 9.81. The molecule has 0 bridgehead atoms. The SMILES string of the molecule is NCCCCCC(N)(C(=O)c1ccc([N+](=O)[O-])cc1)C(=O)c1ccc([N+](=O)[O-])cc1. The number of rotatable bonds is 11. The maximum absolute atomic E-state index is 13.2. The first-order valence-corrected chi connectivity index (χ1v) is 9.28. The molecule has 158 valence electrons. The van der Waals surface area contributed by atoms with Gasteiger partial charge in [0.2, 0.25) is 0 Å². The summed E-state index contributed by atoms with van der Waals surface area (Å²) in [6.45, 7) is 0.462. The van der Waals surface area contributed by atoms with E-state index in [1.807, 2.05) is 0 Å². The van der Waals surface area contributed by atoms with E-state index >= 15 is 0 Å². The van der Waals surface area contributed by atoms with Crippen LogP contribution in [0.3, 0.4) is 0 Å². The van der Waals surface area contributed by atoms with Crippen molar-refractivity contribution in [3.8, 4) is 0 Å². The summed E-state index contributed by atoms with van der Waals surface area (Å²) in [5, 5.41) is 21.7. The number of hydrogen-bond acceptors (Lipinski definition) is 8. The lowest BCUT2D eigenvalue weighted by molar-refractivity contribution is -0.385. The Morgan fingerprint density at radius 1 is 0.767 bits per heavy atom. The van der Waals surface area contributed by atoms with E-state index in [1.165, 1.54) is 48.5 Å². The van der Waals surface area contributed by atoms with Crippen LogP contribution in [0.2, 0.25) is 0 Å². The van der Waals surface area contributed by atoms with Crippen molar-refractivity contribution in [2.45, 2.75) is 31.2 Å². The maximum atomic E-state index is 13.2. The van der Waals surface area contributed by atoms with Crippen molar-refractivity contribution < 1.29 is 19.4 Å². The molecule has 2 aromatic carbocycles. The number of nitrogens with two attached hydrogens (primary N) is 2. The number of nitrogens with zero attached hydrogens (tertiary/aromatic N) is 2. The first kappa shape index (κ1) is 22.8. The number of ketones is 2. The summed E-state index contributed by atoms with van der Waals surface area (Å²) in [4.78, 5) is 46.8. The number of carbonyl (C=O) groups excluding carboxylic acids is 2. The molecular formula is C20H22N4O6. The summed E-state index contributed by atoms with van der Waals surface area (Å²) >= 11 is 0. The Hall–Kier alpha value is -3.50. The monoisotopic (exact) mass is 414 g/mol. The number of hydrogen-bond donors (Lipinski definition) is 2. The third-order valence-electron chi connectivity index (χ3n) is 4.77. The largest absolute Gasteiger partial charge is 0.330 e. The van der Waals surface area contributed by atoms with E-state index < -0.39 is 27.0 Å². The second-order valence-corrected chi connectivity index (χ2v) is 6.84. The molecule has 0 radical (unpaired) electrons. The van der Waals surface area contributed by atoms with E-state index in [4.69, 9.17) is 11.5 Å². The van der Waals surface area contributed by atoms with Gasteiger partial charge in [0.1, 0.15) is 5.54 Å². The molecule has 10 heteroatoms. The Bertz CT molecular complexity index is 871. The van der Waals surface area contributed by atoms with Crippen LogP contribution in [0.25, 0.3) is 0 Å². The lowest BCUT2D eigenvalue weighted by Gasteiger charge is -2.27. The summed E-state index contributed by atoms with van der Waals surface area (Å²) in [5.74, 6) is -1.35. The van der Waals surface area contributed by atoms with Crippen LogP contribution in [0.5, 0.6) is 0 Å². The highest BCUT2D eigenvalue weighted by molar-refractivity contribution is 6.23. The zero-order chi connectivity index (χ0) is 22.3. The Morgan fingerprint density at radius 2 is 1.17 bits per heavy atom. The molecule has 0 saturated heterocycles. The number of nitro benzene ring substituents is 2. The van der Waals surface area contributed by atoms with Crippen molar-refractivity contribution in [2.24, 2.45) is 11.5 Å². The molecule has 0 saturated carbocycles. The molecule has 10 nitrogen and oxygen atoms in total. The van der Waals surface area contributed by atoms with Crippen LogP contribution >= 0.6 is 0 Å². The molecule has 0 aliphatic rings. The average Bonchev–Trinajstić information content (AvgIpc) is 2.75. The Kier molecular flexibility index (Phi) is 7.45. The predicted molar refractivity (Wildman–Crippen MR) is 109 cm³/mol. The number of nitro groups is 2. The molecule has 30 heavy (non-hydrogen) atoms. The molecule has 0 spiro atoms. The third kappa shape index (κ3) is 5.10. The van der Waals surface area contributed by atoms with Crippen LogP contribution in [-0.2, 0) is 0 Å². The van der Waals surface area contributed by atoms with E-state index in [9.17, 15) is 29.8 Å². The lowest BCUT2D eigenvalue weighted by atomic mass is 9.79. The minimum Gasteiger partial charge on any atom is -0.330 e. The highest BCUT2D eigenvalue weighted by atomic mass is 16.6. The first-order valence-electron chi connectivity index (χ1n) is 9.28. The smallest absolute Gasteiger partial charge is 0.269 e. The third-order valence-corrected chi connectivity index (χ3v) is 4.77. The van der Waals surface area contributed by atoms with Crippen molar-refractivity contribution in [3.05, 3.63) is 79.9 Å². The first-order chi connectivity index (χ1) is 14.2. The Morgan fingerprint density at radius 3 is 1.50 bits per heavy atom. The summed E-state index contributed by atoms with van der Waals surface area (Å²) in [5.41, 5.74) is 9.64. The molecule has 0 aromatic heterocycles. The van der Waals surface area contributed by atoms with E-state index in [0.29, 0.717) is 25.8 Å². The minimum absolute atomic E-state index is 0.0403. The molecule has 0 amide bonds. The fourth-order valence-electron chi connectivity index (χ4n) is 3.04. The predicted octanol–water partition coefficient (Wildman–Crippen LogP) is 2.79. The quantitative estimate of drug-likeness (QED) is 0.186. The van der Waals surface area contributed by atoms with Crippen LogP contribution in [0.1, 0.15) is 46.4 Å². The average molecular weight is 414 g/mol. The topological polar surface area (TPSA) is 172 Å². The number of Topliss-reactive ketones (excluding diaryl/α,β-unsaturated/α-hetero) is 2. The van der Waals surface area contributed by atoms with Gasteiger partial charge in [0.15, 0.2) is 11.6 Å². The van der Waals surface area contributed by atoms with Crippen LogP contribution < -0.4 is 11.5 Å². The van der Waals surface area contributed by atoms with Crippen LogP contribution in [0, 0.1) is 20.2 Å². The van der Waals surface area contributed by atoms with Crippen molar-refractivity contribution in [1.82, 2.24) is 0 Å². The molecule has 0 aliphatic heterocycles. The Balaban J connectivity index is 2.37. The molecule has 0 heterocycles. The second-order valence-electron chi connectivity index (χ2n) is 6.84. The lowest BCUT2D eigenvalue weighted by Crippen LogP contribution is -2.55. The zero-order valence-electron chi connectivity index (χ0n) is 16.2. The van der Waals surface area contributed by atoms with Gasteiger partial charge in [-0.2, -0.15) is 0 Å². The minimum atomic E-state index is -1.92. The zero-order valence-corrected chi connectivity index (χ0v) is 16.2. The number of carbonyl (C=O) groups is 2. The fourth-order valence-corrected chi connectivity index (χ4v) is 3.04. The van der Waals surface area contributed by atoms with E-state index in [2.05, 4.69) is 0 Å². The Labute approximate surface area is 172 Å². The number of non-ortho nitro benzene ring substituents is 2. The molecule has 0 aliphatic carbocycles. The molecule has 2 aromatic rings. The van der Waals surface area contributed by atoms with Gasteiger partial charge in [-0.1, -0.05) is 12.8 Å². The van der Waals surface area contributed by atoms with Crippen molar-refractivity contribution in [2.75, 3.05) is 6.54 Å². The van der Waals surface area contributed by atoms with Crippen molar-refractivity contribution >= 4 is 22.9 Å². The van der Waals surface area contributed by atoms with E-state index in [0.717, 1.165) is 0 Å². The maximum Gasteiger partial charge on any atom is 0.269 e. The van der Waals surface area contributed by atoms with Crippen LogP contribution in [0.4, 0.5) is 11.4 Å². The van der Waals surface area contributed by atoms with Crippen LogP contribution in [-0.4, -0.2) is 33.5 Å². The van der Waals surface area contributed by atoms with Gasteiger partial charge in [-0.15, -0.1) is 0 Å². The van der Waals surface area contributed by atoms with Crippen molar-refractivity contribution in [1.29, 1.82) is 0 Å². The van der Waals surface area contributed by atoms with Gasteiger partial charge in [0.05, 0.1) is 9.85 Å². The van der Waals surface area contributed by atoms with Gasteiger partial charge in [0.25, 0.3) is 11.4 Å². The van der Waals surface area contributed by atoms with E-state index in [-0.39, 0.29) is 28.9 Å². The number of unbranched alkanes of at least 4 members (excludes halogenated alkanes) is 2. The van der Waals surface area contributed by atoms with Gasteiger partial charge in [-0.25, -0.2) is 0 Å². The molecule has 4 N–H and O–H groups in total. The summed E-state index contributed by atoms with van der Waals surface area (Å²) in [6.07, 6.45) is 1.87. The fraction of sp³-hybridized carbons (Fsp3) is 0.300. The normalized spacial score (nSPS) is 11.1. The highest BCUT2D eigenvalue weighted by Gasteiger charge is 2.42. The molecule has 2 rings (SSSR count). The summed E-state index contributed by atoms with van der Waals surface area (Å²) < 4.78 is 0. The van der Waals surface area contributed by atoms with E-state index in [1.54, 1.807) is 0 Å². The molecule has 0 atom stereocenters. The van der Waals surface area contributed by atoms with Gasteiger partial charge in [0, 0.05) is 35.4 Å². The van der Waals surface area contributed by atoms with Gasteiger partial charge >= 0.3 is 0 Å². The number of benzene rings is 2. The molecular weight excluding hydrogens is 392 g/mol. The highest BCUT2D eigenvalue weighted by Crippen LogP contribution is 2.25. The van der Waals surface area contributed by atoms with Gasteiger partial charge < -0.3 is 11.5 Å². The molecule has 0 fully saturated rings. The standard InChI is InChI=1S/C20H22N4O6/c21-13-3-1-2-12-20(22,18(25)14-4-8-16(9-5-14)23(27)28)19(26)15-6-10-17(11-7-15)24(29)30/h4-11H,1-3,12-13,21-22H2. The molecule has 0 unspecified atom stereocenters. The van der Waals surface area contributed by atoms with Crippen molar-refractivity contribution in [3.63, 3.8) is 0 Å². The van der Waals surface area contributed by atoms with Gasteiger partial charge in [-0.3, -0.25) is 29.8 Å². The van der Waals surface area contributed by atoms with Gasteiger partial charge in [-0.05, 0) is 43.7 Å². The summed E-state index contributed by atoms with van der Waals surface area (Å²) in [7, 11) is 0.